The summed E-state index contributed by atoms with van der Waals surface area (Å²) in [6.45, 7) is 3.63. The number of nitrogens with one attached hydrogen (secondary N) is 1. The first-order chi connectivity index (χ1) is 14.6. The first-order valence-corrected chi connectivity index (χ1v) is 9.91. The number of ether oxygens (including phenoxy) is 4. The molecule has 9 heteroatoms. The molecule has 0 bridgehead atoms. The average molecular weight is 416 g/mol. The van der Waals surface area contributed by atoms with E-state index in [1.54, 1.807) is 39.7 Å². The van der Waals surface area contributed by atoms with Crippen molar-refractivity contribution in [3.8, 4) is 17.2 Å². The Morgan fingerprint density at radius 2 is 1.93 bits per heavy atom. The summed E-state index contributed by atoms with van der Waals surface area (Å²) in [4.78, 5) is 23.2. The zero-order valence-corrected chi connectivity index (χ0v) is 17.8. The molecule has 3 rings (SSSR count). The largest absolute Gasteiger partial charge is 0.493 e. The number of methoxy groups -OCH3 is 3. The first kappa shape index (κ1) is 21.5. The molecule has 0 spiro atoms. The lowest BCUT2D eigenvalue weighted by Crippen LogP contribution is -2.39. The summed E-state index contributed by atoms with van der Waals surface area (Å²) in [5.41, 5.74) is 0.699. The summed E-state index contributed by atoms with van der Waals surface area (Å²) in [5, 5.41) is 3.18. The van der Waals surface area contributed by atoms with Crippen LogP contribution in [0.25, 0.3) is 0 Å². The second kappa shape index (κ2) is 10.00. The molecule has 1 atom stereocenters. The van der Waals surface area contributed by atoms with Gasteiger partial charge in [0.2, 0.25) is 11.7 Å². The fourth-order valence-corrected chi connectivity index (χ4v) is 3.51. The zero-order chi connectivity index (χ0) is 21.5. The van der Waals surface area contributed by atoms with E-state index in [2.05, 4.69) is 20.2 Å². The summed E-state index contributed by atoms with van der Waals surface area (Å²) in [5.74, 6) is 2.48. The van der Waals surface area contributed by atoms with Gasteiger partial charge in [-0.2, -0.15) is 4.98 Å². The van der Waals surface area contributed by atoms with Crippen LogP contribution in [0, 0.1) is 5.92 Å². The topological polar surface area (TPSA) is 95.0 Å². The molecular formula is C21H28N4O5. The van der Waals surface area contributed by atoms with Gasteiger partial charge in [0.05, 0.1) is 33.9 Å². The number of anilines is 3. The fraction of sp³-hybridized carbons (Fsp3) is 0.476. The lowest BCUT2D eigenvalue weighted by Gasteiger charge is -2.32. The highest BCUT2D eigenvalue weighted by Gasteiger charge is 2.27. The van der Waals surface area contributed by atoms with Gasteiger partial charge in [0.1, 0.15) is 5.82 Å². The van der Waals surface area contributed by atoms with Crippen LogP contribution in [0.4, 0.5) is 17.5 Å². The lowest BCUT2D eigenvalue weighted by molar-refractivity contribution is -0.148. The molecule has 0 radical (unpaired) electrons. The molecule has 2 heterocycles. The first-order valence-electron chi connectivity index (χ1n) is 9.91. The van der Waals surface area contributed by atoms with Crippen LogP contribution < -0.4 is 24.4 Å². The number of rotatable bonds is 8. The van der Waals surface area contributed by atoms with E-state index in [0.717, 1.165) is 25.2 Å². The predicted molar refractivity (Wildman–Crippen MR) is 113 cm³/mol. The van der Waals surface area contributed by atoms with Crippen molar-refractivity contribution in [2.24, 2.45) is 5.92 Å². The Morgan fingerprint density at radius 1 is 1.20 bits per heavy atom. The highest BCUT2D eigenvalue weighted by molar-refractivity contribution is 5.73. The summed E-state index contributed by atoms with van der Waals surface area (Å²) < 4.78 is 21.3. The molecule has 0 amide bonds. The van der Waals surface area contributed by atoms with Crippen molar-refractivity contribution in [3.63, 3.8) is 0 Å². The Bertz CT molecular complexity index is 851. The number of carbonyl (C=O) groups excluding carboxylic acids is 1. The Hall–Kier alpha value is -3.23. The van der Waals surface area contributed by atoms with E-state index in [0.29, 0.717) is 42.0 Å². The molecule has 1 saturated heterocycles. The van der Waals surface area contributed by atoms with Crippen molar-refractivity contribution in [3.05, 3.63) is 24.4 Å². The Balaban J connectivity index is 1.78. The number of hydrogen-bond acceptors (Lipinski definition) is 9. The Kier molecular flexibility index (Phi) is 7.16. The molecular weight excluding hydrogens is 388 g/mol. The third kappa shape index (κ3) is 4.84. The van der Waals surface area contributed by atoms with Crippen LogP contribution in [0.3, 0.4) is 0 Å². The van der Waals surface area contributed by atoms with Gasteiger partial charge in [0.25, 0.3) is 0 Å². The summed E-state index contributed by atoms with van der Waals surface area (Å²) in [7, 11) is 4.69. The number of nitrogens with zero attached hydrogens (tertiary/aromatic N) is 3. The molecule has 0 saturated carbocycles. The molecule has 9 nitrogen and oxygen atoms in total. The quantitative estimate of drug-likeness (QED) is 0.652. The van der Waals surface area contributed by atoms with E-state index < -0.39 is 0 Å². The Labute approximate surface area is 176 Å². The number of hydrogen-bond donors (Lipinski definition) is 1. The van der Waals surface area contributed by atoms with E-state index in [1.165, 1.54) is 0 Å². The van der Waals surface area contributed by atoms with E-state index in [1.807, 2.05) is 13.0 Å². The second-order valence-electron chi connectivity index (χ2n) is 6.81. The number of aromatic nitrogens is 2. The van der Waals surface area contributed by atoms with E-state index in [9.17, 15) is 4.79 Å². The average Bonchev–Trinajstić information content (AvgIpc) is 2.78. The molecule has 2 aromatic rings. The maximum atomic E-state index is 12.1. The van der Waals surface area contributed by atoms with Crippen molar-refractivity contribution < 1.29 is 23.7 Å². The molecule has 1 fully saturated rings. The van der Waals surface area contributed by atoms with E-state index in [-0.39, 0.29) is 11.9 Å². The van der Waals surface area contributed by atoms with Crippen LogP contribution in [0.15, 0.2) is 24.4 Å². The molecule has 1 N–H and O–H groups in total. The smallest absolute Gasteiger partial charge is 0.310 e. The third-order valence-corrected chi connectivity index (χ3v) is 4.93. The van der Waals surface area contributed by atoms with Gasteiger partial charge in [0, 0.05) is 37.1 Å². The Morgan fingerprint density at radius 3 is 2.57 bits per heavy atom. The SMILES string of the molecule is CCOC(=O)C1CCCN(c2ccnc(Nc3cc(OC)c(OC)c(OC)c3)n2)C1. The van der Waals surface area contributed by atoms with Crippen LogP contribution in [0.2, 0.25) is 0 Å². The number of esters is 1. The zero-order valence-electron chi connectivity index (χ0n) is 17.8. The second-order valence-corrected chi connectivity index (χ2v) is 6.81. The third-order valence-electron chi connectivity index (χ3n) is 4.93. The molecule has 1 aromatic carbocycles. The molecule has 1 aliphatic rings. The minimum Gasteiger partial charge on any atom is -0.493 e. The van der Waals surface area contributed by atoms with Gasteiger partial charge in [0.15, 0.2) is 11.5 Å². The maximum absolute atomic E-state index is 12.1. The predicted octanol–water partition coefficient (Wildman–Crippen LogP) is 3.03. The molecule has 30 heavy (non-hydrogen) atoms. The maximum Gasteiger partial charge on any atom is 0.310 e. The number of benzene rings is 1. The van der Waals surface area contributed by atoms with Crippen molar-refractivity contribution in [2.75, 3.05) is 51.2 Å². The van der Waals surface area contributed by atoms with Gasteiger partial charge in [-0.3, -0.25) is 4.79 Å². The summed E-state index contributed by atoms with van der Waals surface area (Å²) in [6.07, 6.45) is 3.43. The van der Waals surface area contributed by atoms with Crippen molar-refractivity contribution in [2.45, 2.75) is 19.8 Å². The molecule has 1 aliphatic heterocycles. The number of piperidine rings is 1. The van der Waals surface area contributed by atoms with Gasteiger partial charge in [-0.1, -0.05) is 0 Å². The summed E-state index contributed by atoms with van der Waals surface area (Å²) in [6, 6.07) is 5.41. The minimum absolute atomic E-state index is 0.139. The van der Waals surface area contributed by atoms with Crippen molar-refractivity contribution in [1.82, 2.24) is 9.97 Å². The molecule has 1 unspecified atom stereocenters. The van der Waals surface area contributed by atoms with Gasteiger partial charge in [-0.15, -0.1) is 0 Å². The highest BCUT2D eigenvalue weighted by Crippen LogP contribution is 2.40. The van der Waals surface area contributed by atoms with Crippen molar-refractivity contribution in [1.29, 1.82) is 0 Å². The van der Waals surface area contributed by atoms with Gasteiger partial charge >= 0.3 is 5.97 Å². The number of carbonyl (C=O) groups is 1. The van der Waals surface area contributed by atoms with E-state index in [4.69, 9.17) is 18.9 Å². The normalized spacial score (nSPS) is 16.0. The van der Waals surface area contributed by atoms with Crippen LogP contribution in [0.1, 0.15) is 19.8 Å². The summed E-state index contributed by atoms with van der Waals surface area (Å²) >= 11 is 0. The van der Waals surface area contributed by atoms with Crippen LogP contribution in [-0.4, -0.2) is 57.0 Å². The standard InChI is InChI=1S/C21H28N4O5/c1-5-30-20(26)14-7-6-10-25(13-14)18-8-9-22-21(24-18)23-15-11-16(27-2)19(29-4)17(12-15)28-3/h8-9,11-12,14H,5-7,10,13H2,1-4H3,(H,22,23,24). The lowest BCUT2D eigenvalue weighted by atomic mass is 9.98. The van der Waals surface area contributed by atoms with Gasteiger partial charge in [-0.05, 0) is 25.8 Å². The van der Waals surface area contributed by atoms with Crippen LogP contribution >= 0.6 is 0 Å². The minimum atomic E-state index is -0.146. The van der Waals surface area contributed by atoms with Crippen LogP contribution in [0.5, 0.6) is 17.2 Å². The monoisotopic (exact) mass is 416 g/mol. The molecule has 0 aliphatic carbocycles. The van der Waals surface area contributed by atoms with Gasteiger partial charge in [-0.25, -0.2) is 4.98 Å². The fourth-order valence-electron chi connectivity index (χ4n) is 3.51. The molecule has 162 valence electrons. The highest BCUT2D eigenvalue weighted by atomic mass is 16.5. The van der Waals surface area contributed by atoms with E-state index >= 15 is 0 Å². The van der Waals surface area contributed by atoms with Crippen LogP contribution in [-0.2, 0) is 9.53 Å². The van der Waals surface area contributed by atoms with Gasteiger partial charge < -0.3 is 29.2 Å². The van der Waals surface area contributed by atoms with Crippen molar-refractivity contribution >= 4 is 23.4 Å². The molecule has 1 aromatic heterocycles.